The monoisotopic (exact) mass is 248 g/mol. The number of H-pyrrole nitrogens is 1. The van der Waals surface area contributed by atoms with Crippen LogP contribution in [0.3, 0.4) is 0 Å². The fraction of sp³-hybridized carbons (Fsp3) is 0. The van der Waals surface area contributed by atoms with Crippen molar-refractivity contribution in [3.63, 3.8) is 0 Å². The maximum atomic E-state index is 13.6. The number of halogens is 2. The number of nitrogens with one attached hydrogen (secondary N) is 1. The molecule has 2 heterocycles. The van der Waals surface area contributed by atoms with E-state index in [1.165, 1.54) is 23.1 Å². The molecule has 0 saturated heterocycles. The minimum absolute atomic E-state index is 0.0782. The smallest absolute Gasteiger partial charge is 0.276 e. The van der Waals surface area contributed by atoms with Gasteiger partial charge in [-0.15, -0.1) is 0 Å². The maximum absolute atomic E-state index is 13.6. The Morgan fingerprint density at radius 2 is 2.11 bits per heavy atom. The van der Waals surface area contributed by atoms with Gasteiger partial charge in [0, 0.05) is 6.07 Å². The van der Waals surface area contributed by atoms with Crippen LogP contribution in [0.1, 0.15) is 0 Å². The quantitative estimate of drug-likeness (QED) is 0.707. The Hall–Kier alpha value is -2.57. The van der Waals surface area contributed by atoms with Crippen molar-refractivity contribution in [2.24, 2.45) is 0 Å². The third-order valence-electron chi connectivity index (χ3n) is 2.51. The van der Waals surface area contributed by atoms with E-state index in [2.05, 4.69) is 15.1 Å². The van der Waals surface area contributed by atoms with Gasteiger partial charge in [-0.1, -0.05) is 0 Å². The molecule has 0 radical (unpaired) electrons. The van der Waals surface area contributed by atoms with Gasteiger partial charge in [-0.2, -0.15) is 5.10 Å². The Bertz CT molecular complexity index is 793. The van der Waals surface area contributed by atoms with E-state index in [0.29, 0.717) is 0 Å². The highest BCUT2D eigenvalue weighted by molar-refractivity contribution is 5.61. The number of nitrogens with zero attached hydrogens (tertiary/aromatic N) is 3. The molecule has 0 amide bonds. The van der Waals surface area contributed by atoms with Crippen LogP contribution >= 0.6 is 0 Å². The lowest BCUT2D eigenvalue weighted by Gasteiger charge is -2.01. The molecule has 0 aliphatic heterocycles. The second-order valence-corrected chi connectivity index (χ2v) is 3.62. The van der Waals surface area contributed by atoms with E-state index in [1.54, 1.807) is 0 Å². The van der Waals surface area contributed by atoms with Gasteiger partial charge in [0.1, 0.15) is 18.0 Å². The van der Waals surface area contributed by atoms with Crippen molar-refractivity contribution in [3.05, 3.63) is 52.7 Å². The summed E-state index contributed by atoms with van der Waals surface area (Å²) in [4.78, 5) is 17.8. The fourth-order valence-electron chi connectivity index (χ4n) is 1.69. The summed E-state index contributed by atoms with van der Waals surface area (Å²) in [6.07, 6.45) is 2.46. The summed E-state index contributed by atoms with van der Waals surface area (Å²) in [6, 6.07) is 3.12. The first kappa shape index (κ1) is 10.6. The summed E-state index contributed by atoms with van der Waals surface area (Å²) in [5.74, 6) is -1.29. The van der Waals surface area contributed by atoms with Gasteiger partial charge < -0.3 is 4.98 Å². The minimum atomic E-state index is -0.760. The van der Waals surface area contributed by atoms with Gasteiger partial charge in [0.25, 0.3) is 5.56 Å². The third-order valence-corrected chi connectivity index (χ3v) is 2.51. The molecule has 0 unspecified atom stereocenters. The molecule has 0 atom stereocenters. The van der Waals surface area contributed by atoms with Crippen molar-refractivity contribution in [2.45, 2.75) is 0 Å². The topological polar surface area (TPSA) is 63.0 Å². The molecule has 0 spiro atoms. The predicted molar refractivity (Wildman–Crippen MR) is 59.0 cm³/mol. The van der Waals surface area contributed by atoms with Crippen LogP contribution in [-0.4, -0.2) is 19.6 Å². The largest absolute Gasteiger partial charge is 0.310 e. The van der Waals surface area contributed by atoms with Crippen LogP contribution in [-0.2, 0) is 0 Å². The molecule has 3 aromatic rings. The summed E-state index contributed by atoms with van der Waals surface area (Å²) in [5, 5.41) is 3.88. The molecule has 90 valence electrons. The maximum Gasteiger partial charge on any atom is 0.276 e. The van der Waals surface area contributed by atoms with Crippen molar-refractivity contribution >= 4 is 5.52 Å². The lowest BCUT2D eigenvalue weighted by molar-refractivity contribution is 0.584. The van der Waals surface area contributed by atoms with Crippen LogP contribution in [0.15, 0.2) is 35.5 Å². The first-order valence-electron chi connectivity index (χ1n) is 5.03. The van der Waals surface area contributed by atoms with E-state index in [4.69, 9.17) is 0 Å². The van der Waals surface area contributed by atoms with Crippen molar-refractivity contribution < 1.29 is 8.78 Å². The van der Waals surface area contributed by atoms with Crippen LogP contribution in [0.5, 0.6) is 0 Å². The third kappa shape index (κ3) is 1.48. The molecular formula is C11H6F2N4O. The number of imidazole rings is 1. The number of hydrogen-bond donors (Lipinski definition) is 1. The highest BCUT2D eigenvalue weighted by Gasteiger charge is 2.13. The summed E-state index contributed by atoms with van der Waals surface area (Å²) < 4.78 is 27.7. The van der Waals surface area contributed by atoms with Crippen molar-refractivity contribution in [3.8, 4) is 11.4 Å². The molecule has 0 fully saturated rings. The standard InChI is InChI=1S/C11H6F2N4O/c12-6-1-2-7(8(13)3-6)10-14-4-9-11(18)15-5-16-17(9)10/h1-5H,(H,15,16,18). The first-order valence-corrected chi connectivity index (χ1v) is 5.03. The molecule has 18 heavy (non-hydrogen) atoms. The van der Waals surface area contributed by atoms with Crippen LogP contribution in [0, 0.1) is 11.6 Å². The van der Waals surface area contributed by atoms with Gasteiger partial charge in [-0.25, -0.2) is 18.3 Å². The number of benzene rings is 1. The van der Waals surface area contributed by atoms with Crippen LogP contribution in [0.25, 0.3) is 16.9 Å². The number of aromatic amines is 1. The van der Waals surface area contributed by atoms with Crippen molar-refractivity contribution in [1.29, 1.82) is 0 Å². The Labute approximate surface area is 98.7 Å². The molecule has 2 aromatic heterocycles. The average Bonchev–Trinajstić information content (AvgIpc) is 2.74. The second kappa shape index (κ2) is 3.73. The predicted octanol–water partition coefficient (Wildman–Crippen LogP) is 1.36. The molecule has 1 N–H and O–H groups in total. The van der Waals surface area contributed by atoms with Crippen LogP contribution < -0.4 is 5.56 Å². The number of fused-ring (bicyclic) bond motifs is 1. The molecule has 0 aliphatic carbocycles. The zero-order valence-electron chi connectivity index (χ0n) is 8.89. The van der Waals surface area contributed by atoms with Gasteiger partial charge in [0.2, 0.25) is 0 Å². The lowest BCUT2D eigenvalue weighted by atomic mass is 10.2. The van der Waals surface area contributed by atoms with Crippen molar-refractivity contribution in [2.75, 3.05) is 0 Å². The Morgan fingerprint density at radius 1 is 1.28 bits per heavy atom. The Morgan fingerprint density at radius 3 is 2.89 bits per heavy atom. The number of hydrogen-bond acceptors (Lipinski definition) is 3. The van der Waals surface area contributed by atoms with E-state index in [-0.39, 0.29) is 22.5 Å². The molecule has 0 aliphatic rings. The van der Waals surface area contributed by atoms with Crippen LogP contribution in [0.4, 0.5) is 8.78 Å². The van der Waals surface area contributed by atoms with E-state index in [0.717, 1.165) is 12.1 Å². The highest BCUT2D eigenvalue weighted by Crippen LogP contribution is 2.21. The van der Waals surface area contributed by atoms with E-state index < -0.39 is 11.6 Å². The van der Waals surface area contributed by atoms with Gasteiger partial charge in [0.05, 0.1) is 11.8 Å². The second-order valence-electron chi connectivity index (χ2n) is 3.62. The zero-order valence-corrected chi connectivity index (χ0v) is 8.89. The van der Waals surface area contributed by atoms with Crippen LogP contribution in [0.2, 0.25) is 0 Å². The van der Waals surface area contributed by atoms with Crippen molar-refractivity contribution in [1.82, 2.24) is 19.6 Å². The van der Waals surface area contributed by atoms with Gasteiger partial charge in [0.15, 0.2) is 11.3 Å². The Kier molecular flexibility index (Phi) is 2.19. The summed E-state index contributed by atoms with van der Waals surface area (Å²) in [6.45, 7) is 0. The van der Waals surface area contributed by atoms with E-state index >= 15 is 0 Å². The molecule has 1 aromatic carbocycles. The highest BCUT2D eigenvalue weighted by atomic mass is 19.1. The lowest BCUT2D eigenvalue weighted by Crippen LogP contribution is -2.10. The molecule has 7 heteroatoms. The van der Waals surface area contributed by atoms with E-state index in [9.17, 15) is 13.6 Å². The fourth-order valence-corrected chi connectivity index (χ4v) is 1.69. The normalized spacial score (nSPS) is 11.0. The molecule has 0 bridgehead atoms. The SMILES string of the molecule is O=c1[nH]cnn2c(-c3ccc(F)cc3F)ncc12. The summed E-state index contributed by atoms with van der Waals surface area (Å²) in [5.41, 5.74) is -0.114. The minimum Gasteiger partial charge on any atom is -0.310 e. The number of aromatic nitrogens is 4. The zero-order chi connectivity index (χ0) is 12.7. The van der Waals surface area contributed by atoms with Gasteiger partial charge in [-0.3, -0.25) is 4.79 Å². The molecule has 0 saturated carbocycles. The van der Waals surface area contributed by atoms with Gasteiger partial charge in [-0.05, 0) is 12.1 Å². The van der Waals surface area contributed by atoms with E-state index in [1.807, 2.05) is 0 Å². The molecule has 5 nitrogen and oxygen atoms in total. The number of rotatable bonds is 1. The van der Waals surface area contributed by atoms with Gasteiger partial charge >= 0.3 is 0 Å². The summed E-state index contributed by atoms with van der Waals surface area (Å²) in [7, 11) is 0. The average molecular weight is 248 g/mol. The molecule has 3 rings (SSSR count). The summed E-state index contributed by atoms with van der Waals surface area (Å²) >= 11 is 0. The Balaban J connectivity index is 2.32. The molecular weight excluding hydrogens is 242 g/mol. The first-order chi connectivity index (χ1) is 8.66.